The van der Waals surface area contributed by atoms with Crippen LogP contribution in [-0.4, -0.2) is 23.9 Å². The number of hydrogen-bond acceptors (Lipinski definition) is 3. The number of anilines is 3. The van der Waals surface area contributed by atoms with Crippen molar-refractivity contribution >= 4 is 28.9 Å². The van der Waals surface area contributed by atoms with Crippen LogP contribution in [0.5, 0.6) is 0 Å². The predicted molar refractivity (Wildman–Crippen MR) is 96.3 cm³/mol. The molecule has 1 aliphatic heterocycles. The van der Waals surface area contributed by atoms with Crippen LogP contribution in [0.3, 0.4) is 0 Å². The van der Waals surface area contributed by atoms with Crippen molar-refractivity contribution in [1.29, 1.82) is 0 Å². The summed E-state index contributed by atoms with van der Waals surface area (Å²) in [6.45, 7) is 5.49. The van der Waals surface area contributed by atoms with E-state index in [0.717, 1.165) is 22.6 Å². The number of amides is 2. The Hall–Kier alpha value is -2.82. The van der Waals surface area contributed by atoms with Gasteiger partial charge < -0.3 is 10.6 Å². The number of aryl methyl sites for hydroxylation is 1. The number of hydrogen-bond donors (Lipinski definition) is 2. The zero-order valence-corrected chi connectivity index (χ0v) is 14.0. The third-order valence-corrected chi connectivity index (χ3v) is 4.31. The van der Waals surface area contributed by atoms with E-state index >= 15 is 0 Å². The molecular formula is C19H21N3O2. The van der Waals surface area contributed by atoms with Gasteiger partial charge in [-0.15, -0.1) is 0 Å². The zero-order valence-electron chi connectivity index (χ0n) is 14.0. The molecule has 0 saturated carbocycles. The van der Waals surface area contributed by atoms with Gasteiger partial charge >= 0.3 is 0 Å². The van der Waals surface area contributed by atoms with Gasteiger partial charge in [0.2, 0.25) is 11.8 Å². The summed E-state index contributed by atoms with van der Waals surface area (Å²) in [5, 5.41) is 6.09. The number of carbonyl (C=O) groups excluding carboxylic acids is 2. The fourth-order valence-electron chi connectivity index (χ4n) is 2.90. The SMILES string of the molecule is Cc1ccccc1NC(=O)C(C)N1C(=O)C(C)Nc2ccccc21. The molecule has 0 radical (unpaired) electrons. The number of rotatable bonds is 3. The highest BCUT2D eigenvalue weighted by atomic mass is 16.2. The monoisotopic (exact) mass is 323 g/mol. The van der Waals surface area contributed by atoms with Crippen LogP contribution in [0.2, 0.25) is 0 Å². The summed E-state index contributed by atoms with van der Waals surface area (Å²) < 4.78 is 0. The van der Waals surface area contributed by atoms with Gasteiger partial charge in [0.05, 0.1) is 11.4 Å². The zero-order chi connectivity index (χ0) is 17.3. The van der Waals surface area contributed by atoms with Gasteiger partial charge in [0.25, 0.3) is 0 Å². The van der Waals surface area contributed by atoms with E-state index in [2.05, 4.69) is 10.6 Å². The third kappa shape index (κ3) is 2.85. The molecule has 2 aromatic carbocycles. The fourth-order valence-corrected chi connectivity index (χ4v) is 2.90. The second-order valence-corrected chi connectivity index (χ2v) is 6.07. The van der Waals surface area contributed by atoms with Gasteiger partial charge in [-0.25, -0.2) is 0 Å². The highest BCUT2D eigenvalue weighted by Crippen LogP contribution is 2.32. The molecule has 0 aliphatic carbocycles. The molecule has 2 atom stereocenters. The van der Waals surface area contributed by atoms with Crippen molar-refractivity contribution in [1.82, 2.24) is 0 Å². The minimum Gasteiger partial charge on any atom is -0.372 e. The van der Waals surface area contributed by atoms with Crippen LogP contribution in [0.15, 0.2) is 48.5 Å². The molecule has 1 heterocycles. The largest absolute Gasteiger partial charge is 0.372 e. The normalized spacial score (nSPS) is 17.7. The molecule has 0 spiro atoms. The molecule has 1 aliphatic rings. The Kier molecular flexibility index (Phi) is 4.25. The van der Waals surface area contributed by atoms with Crippen LogP contribution in [0.25, 0.3) is 0 Å². The quantitative estimate of drug-likeness (QED) is 0.912. The Morgan fingerprint density at radius 3 is 2.58 bits per heavy atom. The van der Waals surface area contributed by atoms with Crippen LogP contribution in [0, 0.1) is 6.92 Å². The van der Waals surface area contributed by atoms with Gasteiger partial charge in [-0.1, -0.05) is 30.3 Å². The lowest BCUT2D eigenvalue weighted by Gasteiger charge is -2.37. The van der Waals surface area contributed by atoms with Crippen LogP contribution in [0.4, 0.5) is 17.1 Å². The minimum atomic E-state index is -0.609. The summed E-state index contributed by atoms with van der Waals surface area (Å²) in [7, 11) is 0. The van der Waals surface area contributed by atoms with E-state index in [9.17, 15) is 9.59 Å². The first-order valence-corrected chi connectivity index (χ1v) is 8.04. The number of fused-ring (bicyclic) bond motifs is 1. The topological polar surface area (TPSA) is 61.4 Å². The van der Waals surface area contributed by atoms with Crippen molar-refractivity contribution in [3.63, 3.8) is 0 Å². The van der Waals surface area contributed by atoms with Crippen molar-refractivity contribution < 1.29 is 9.59 Å². The Balaban J connectivity index is 1.88. The molecule has 2 amide bonds. The maximum Gasteiger partial charge on any atom is 0.249 e. The summed E-state index contributed by atoms with van der Waals surface area (Å²) in [4.78, 5) is 26.9. The second-order valence-electron chi connectivity index (χ2n) is 6.07. The van der Waals surface area contributed by atoms with Crippen LogP contribution in [0.1, 0.15) is 19.4 Å². The van der Waals surface area contributed by atoms with E-state index < -0.39 is 6.04 Å². The van der Waals surface area contributed by atoms with Gasteiger partial charge in [0.15, 0.2) is 0 Å². The first kappa shape index (κ1) is 16.1. The van der Waals surface area contributed by atoms with Crippen molar-refractivity contribution in [3.8, 4) is 0 Å². The van der Waals surface area contributed by atoms with E-state index in [0.29, 0.717) is 0 Å². The minimum absolute atomic E-state index is 0.110. The van der Waals surface area contributed by atoms with Crippen LogP contribution in [-0.2, 0) is 9.59 Å². The van der Waals surface area contributed by atoms with E-state index in [1.807, 2.05) is 55.5 Å². The number of para-hydroxylation sites is 3. The lowest BCUT2D eigenvalue weighted by Crippen LogP contribution is -2.53. The molecule has 2 aromatic rings. The molecule has 0 saturated heterocycles. The molecule has 5 nitrogen and oxygen atoms in total. The van der Waals surface area contributed by atoms with E-state index in [4.69, 9.17) is 0 Å². The molecule has 2 N–H and O–H groups in total. The van der Waals surface area contributed by atoms with Gasteiger partial charge in [-0.2, -0.15) is 0 Å². The maximum atomic E-state index is 12.7. The summed E-state index contributed by atoms with van der Waals surface area (Å²) in [6, 6.07) is 14.2. The Bertz CT molecular complexity index is 788. The highest BCUT2D eigenvalue weighted by molar-refractivity contribution is 6.10. The van der Waals surface area contributed by atoms with Gasteiger partial charge in [-0.05, 0) is 44.5 Å². The molecule has 5 heteroatoms. The molecule has 2 unspecified atom stereocenters. The Morgan fingerprint density at radius 1 is 1.17 bits per heavy atom. The Labute approximate surface area is 141 Å². The molecular weight excluding hydrogens is 302 g/mol. The molecule has 24 heavy (non-hydrogen) atoms. The van der Waals surface area contributed by atoms with Crippen molar-refractivity contribution in [2.45, 2.75) is 32.9 Å². The molecule has 0 bridgehead atoms. The summed E-state index contributed by atoms with van der Waals surface area (Å²) in [5.41, 5.74) is 3.34. The lowest BCUT2D eigenvalue weighted by molar-refractivity contribution is -0.123. The maximum absolute atomic E-state index is 12.7. The summed E-state index contributed by atoms with van der Waals surface area (Å²) >= 11 is 0. The van der Waals surface area contributed by atoms with E-state index in [1.54, 1.807) is 18.7 Å². The Morgan fingerprint density at radius 2 is 1.83 bits per heavy atom. The van der Waals surface area contributed by atoms with Crippen molar-refractivity contribution in [2.75, 3.05) is 15.5 Å². The lowest BCUT2D eigenvalue weighted by atomic mass is 10.1. The number of nitrogens with one attached hydrogen (secondary N) is 2. The van der Waals surface area contributed by atoms with Crippen LogP contribution >= 0.6 is 0 Å². The van der Waals surface area contributed by atoms with E-state index in [-0.39, 0.29) is 17.9 Å². The van der Waals surface area contributed by atoms with Gasteiger partial charge in [0.1, 0.15) is 12.1 Å². The smallest absolute Gasteiger partial charge is 0.249 e. The summed E-state index contributed by atoms with van der Waals surface area (Å²) in [5.74, 6) is -0.317. The average molecular weight is 323 g/mol. The standard InChI is InChI=1S/C19H21N3O2/c1-12-8-4-5-9-15(12)21-18(23)14(3)22-17-11-7-6-10-16(17)20-13(2)19(22)24/h4-11,13-14,20H,1-3H3,(H,21,23). The molecule has 124 valence electrons. The second kappa shape index (κ2) is 6.35. The molecule has 0 fully saturated rings. The number of carbonyl (C=O) groups is 2. The van der Waals surface area contributed by atoms with Crippen molar-refractivity contribution in [2.24, 2.45) is 0 Å². The van der Waals surface area contributed by atoms with Crippen molar-refractivity contribution in [3.05, 3.63) is 54.1 Å². The number of benzene rings is 2. The van der Waals surface area contributed by atoms with E-state index in [1.165, 1.54) is 0 Å². The van der Waals surface area contributed by atoms with Crippen LogP contribution < -0.4 is 15.5 Å². The molecule has 0 aromatic heterocycles. The molecule has 3 rings (SSSR count). The third-order valence-electron chi connectivity index (χ3n) is 4.31. The van der Waals surface area contributed by atoms with Gasteiger partial charge in [0, 0.05) is 5.69 Å². The highest BCUT2D eigenvalue weighted by Gasteiger charge is 2.35. The fraction of sp³-hybridized carbons (Fsp3) is 0.263. The first-order valence-electron chi connectivity index (χ1n) is 8.04. The van der Waals surface area contributed by atoms with Gasteiger partial charge in [-0.3, -0.25) is 14.5 Å². The first-order chi connectivity index (χ1) is 11.5. The number of nitrogens with zero attached hydrogens (tertiary/aromatic N) is 1. The summed E-state index contributed by atoms with van der Waals surface area (Å²) in [6.07, 6.45) is 0. The predicted octanol–water partition coefficient (Wildman–Crippen LogP) is 3.17. The average Bonchev–Trinajstić information content (AvgIpc) is 2.57.